The van der Waals surface area contributed by atoms with E-state index in [1.807, 2.05) is 29.8 Å². The molecule has 0 aliphatic carbocycles. The monoisotopic (exact) mass is 390 g/mol. The average Bonchev–Trinajstić information content (AvgIpc) is 3.19. The van der Waals surface area contributed by atoms with Crippen molar-refractivity contribution < 1.29 is 4.74 Å². The highest BCUT2D eigenvalue weighted by Crippen LogP contribution is 2.33. The topological polar surface area (TPSA) is 98.3 Å². The first-order valence-electron chi connectivity index (χ1n) is 8.51. The maximum absolute atomic E-state index is 5.77. The molecule has 2 aromatic heterocycles. The van der Waals surface area contributed by atoms with Crippen LogP contribution in [0.4, 0.5) is 11.5 Å². The molecule has 3 N–H and O–H groups in total. The minimum atomic E-state index is 0.667. The molecule has 2 aromatic carbocycles. The third kappa shape index (κ3) is 3.25. The Morgan fingerprint density at radius 2 is 2.07 bits per heavy atom. The summed E-state index contributed by atoms with van der Waals surface area (Å²) >= 11 is 1.60. The van der Waals surface area contributed by atoms with Gasteiger partial charge in [-0.1, -0.05) is 0 Å². The first-order chi connectivity index (χ1) is 13.7. The normalized spacial score (nSPS) is 12.1. The van der Waals surface area contributed by atoms with E-state index in [4.69, 9.17) is 10.5 Å². The predicted octanol–water partition coefficient (Wildman–Crippen LogP) is 3.99. The molecule has 4 rings (SSSR count). The molecule has 0 bridgehead atoms. The first-order valence-corrected chi connectivity index (χ1v) is 9.39. The summed E-state index contributed by atoms with van der Waals surface area (Å²) in [6, 6.07) is 9.85. The number of nitrogens with zero attached hydrogens (tertiary/aromatic N) is 4. The van der Waals surface area contributed by atoms with Crippen molar-refractivity contribution in [3.8, 4) is 5.75 Å². The summed E-state index contributed by atoms with van der Waals surface area (Å²) in [5, 5.41) is 4.22. The summed E-state index contributed by atoms with van der Waals surface area (Å²) in [6.45, 7) is 0. The molecule has 28 heavy (non-hydrogen) atoms. The number of anilines is 2. The fourth-order valence-corrected chi connectivity index (χ4v) is 3.70. The Hall–Kier alpha value is -3.52. The van der Waals surface area contributed by atoms with Crippen molar-refractivity contribution in [2.75, 3.05) is 19.5 Å². The second-order valence-electron chi connectivity index (χ2n) is 5.96. The van der Waals surface area contributed by atoms with Crippen LogP contribution in [-0.4, -0.2) is 35.3 Å². The molecule has 0 aliphatic rings. The molecular weight excluding hydrogens is 372 g/mol. The van der Waals surface area contributed by atoms with Gasteiger partial charge in [-0.15, -0.1) is 11.3 Å². The molecule has 8 heteroatoms. The molecule has 4 aromatic rings. The Bertz CT molecular complexity index is 1210. The van der Waals surface area contributed by atoms with E-state index in [1.165, 1.54) is 12.5 Å². The van der Waals surface area contributed by atoms with Crippen LogP contribution in [0.5, 0.6) is 5.75 Å². The average molecular weight is 390 g/mol. The van der Waals surface area contributed by atoms with Gasteiger partial charge in [0.15, 0.2) is 0 Å². The van der Waals surface area contributed by atoms with Gasteiger partial charge < -0.3 is 15.8 Å². The van der Waals surface area contributed by atoms with Gasteiger partial charge in [-0.05, 0) is 30.3 Å². The fraction of sp³-hybridized carbons (Fsp3) is 0.100. The molecule has 0 amide bonds. The van der Waals surface area contributed by atoms with Crippen molar-refractivity contribution in [1.29, 1.82) is 0 Å². The zero-order chi connectivity index (χ0) is 19.5. The van der Waals surface area contributed by atoms with Crippen molar-refractivity contribution in [3.05, 3.63) is 53.9 Å². The number of hydrogen-bond acceptors (Lipinski definition) is 8. The number of methoxy groups -OCH3 is 1. The van der Waals surface area contributed by atoms with Crippen molar-refractivity contribution in [3.63, 3.8) is 0 Å². The lowest BCUT2D eigenvalue weighted by atomic mass is 10.0. The van der Waals surface area contributed by atoms with Crippen LogP contribution in [0, 0.1) is 0 Å². The molecule has 0 aliphatic heterocycles. The maximum Gasteiger partial charge on any atom is 0.141 e. The molecule has 0 atom stereocenters. The number of nitrogens with two attached hydrogens (primary N) is 1. The number of rotatable bonds is 5. The van der Waals surface area contributed by atoms with E-state index in [1.54, 1.807) is 31.7 Å². The fourth-order valence-electron chi connectivity index (χ4n) is 2.99. The van der Waals surface area contributed by atoms with E-state index in [0.29, 0.717) is 11.6 Å². The lowest BCUT2D eigenvalue weighted by molar-refractivity contribution is 0.414. The maximum atomic E-state index is 5.77. The smallest absolute Gasteiger partial charge is 0.141 e. The van der Waals surface area contributed by atoms with Crippen LogP contribution in [-0.2, 0) is 0 Å². The highest BCUT2D eigenvalue weighted by Gasteiger charge is 2.13. The summed E-state index contributed by atoms with van der Waals surface area (Å²) in [4.78, 5) is 17.2. The van der Waals surface area contributed by atoms with E-state index in [0.717, 1.165) is 37.9 Å². The molecule has 0 saturated carbocycles. The summed E-state index contributed by atoms with van der Waals surface area (Å²) < 4.78 is 6.70. The van der Waals surface area contributed by atoms with Crippen LogP contribution in [0.1, 0.15) is 5.56 Å². The standard InChI is InChI=1S/C20H18N6OS/c1-22-9-12(8-21)14-6-17-15(7-18(14)27-2)20(24-10-23-17)26-13-3-4-16-19(5-13)28-11-25-16/h3-11H,21H2,1-2H3,(H,23,24,26)/b12-8+,22-9?. The molecule has 7 nitrogen and oxygen atoms in total. The van der Waals surface area contributed by atoms with Crippen molar-refractivity contribution >= 4 is 55.7 Å². The van der Waals surface area contributed by atoms with E-state index in [9.17, 15) is 0 Å². The van der Waals surface area contributed by atoms with Gasteiger partial charge in [-0.3, -0.25) is 4.99 Å². The summed E-state index contributed by atoms with van der Waals surface area (Å²) in [6.07, 6.45) is 4.72. The van der Waals surface area contributed by atoms with Crippen LogP contribution in [0.25, 0.3) is 26.7 Å². The zero-order valence-corrected chi connectivity index (χ0v) is 16.2. The van der Waals surface area contributed by atoms with E-state index < -0.39 is 0 Å². The minimum absolute atomic E-state index is 0.667. The van der Waals surface area contributed by atoms with E-state index in [2.05, 4.69) is 31.3 Å². The van der Waals surface area contributed by atoms with Gasteiger partial charge in [0.2, 0.25) is 0 Å². The van der Waals surface area contributed by atoms with Crippen LogP contribution in [0.15, 0.2) is 53.4 Å². The Morgan fingerprint density at radius 3 is 2.86 bits per heavy atom. The largest absolute Gasteiger partial charge is 0.496 e. The third-order valence-corrected chi connectivity index (χ3v) is 5.10. The molecule has 140 valence electrons. The quantitative estimate of drug-likeness (QED) is 0.500. The van der Waals surface area contributed by atoms with Gasteiger partial charge in [0.05, 0.1) is 28.4 Å². The lowest BCUT2D eigenvalue weighted by Crippen LogP contribution is -2.00. The number of allylic oxidation sites excluding steroid dienone is 1. The zero-order valence-electron chi connectivity index (χ0n) is 15.4. The Labute approximate surface area is 165 Å². The number of hydrogen-bond donors (Lipinski definition) is 2. The highest BCUT2D eigenvalue weighted by atomic mass is 32.1. The van der Waals surface area contributed by atoms with Gasteiger partial charge in [0.1, 0.15) is 17.9 Å². The van der Waals surface area contributed by atoms with E-state index >= 15 is 0 Å². The van der Waals surface area contributed by atoms with Gasteiger partial charge in [-0.25, -0.2) is 15.0 Å². The Kier molecular flexibility index (Phi) is 4.86. The lowest BCUT2D eigenvalue weighted by Gasteiger charge is -2.13. The molecule has 0 radical (unpaired) electrons. The van der Waals surface area contributed by atoms with Gasteiger partial charge in [-0.2, -0.15) is 0 Å². The molecule has 0 fully saturated rings. The molecule has 0 unspecified atom stereocenters. The highest BCUT2D eigenvalue weighted by molar-refractivity contribution is 7.16. The predicted molar refractivity (Wildman–Crippen MR) is 116 cm³/mol. The van der Waals surface area contributed by atoms with Crippen LogP contribution < -0.4 is 15.8 Å². The summed E-state index contributed by atoms with van der Waals surface area (Å²) in [5.41, 5.74) is 11.9. The number of nitrogens with one attached hydrogen (secondary N) is 1. The van der Waals surface area contributed by atoms with E-state index in [-0.39, 0.29) is 0 Å². The van der Waals surface area contributed by atoms with Gasteiger partial charge >= 0.3 is 0 Å². The SMILES string of the molecule is CN=C/C(=C\N)c1cc2ncnc(Nc3ccc4ncsc4c3)c2cc1OC. The van der Waals surface area contributed by atoms with Gasteiger partial charge in [0, 0.05) is 41.7 Å². The Balaban J connectivity index is 1.81. The number of fused-ring (bicyclic) bond motifs is 2. The number of aliphatic imine (C=N–C) groups is 1. The second-order valence-corrected chi connectivity index (χ2v) is 6.85. The summed E-state index contributed by atoms with van der Waals surface area (Å²) in [7, 11) is 3.32. The van der Waals surface area contributed by atoms with Crippen molar-refractivity contribution in [1.82, 2.24) is 15.0 Å². The molecule has 0 saturated heterocycles. The minimum Gasteiger partial charge on any atom is -0.496 e. The number of aromatic nitrogens is 3. The van der Waals surface area contributed by atoms with Crippen molar-refractivity contribution in [2.45, 2.75) is 0 Å². The van der Waals surface area contributed by atoms with Crippen LogP contribution in [0.2, 0.25) is 0 Å². The third-order valence-electron chi connectivity index (χ3n) is 4.31. The van der Waals surface area contributed by atoms with Crippen molar-refractivity contribution in [2.24, 2.45) is 10.7 Å². The van der Waals surface area contributed by atoms with Gasteiger partial charge in [0.25, 0.3) is 0 Å². The molecule has 2 heterocycles. The second kappa shape index (κ2) is 7.61. The van der Waals surface area contributed by atoms with Crippen LogP contribution in [0.3, 0.4) is 0 Å². The Morgan fingerprint density at radius 1 is 1.18 bits per heavy atom. The summed E-state index contributed by atoms with van der Waals surface area (Å²) in [5.74, 6) is 1.36. The number of thiazole rings is 1. The molecule has 0 spiro atoms. The number of benzene rings is 2. The number of ether oxygens (including phenoxy) is 1. The molecular formula is C20H18N6OS. The first kappa shape index (κ1) is 17.9. The van der Waals surface area contributed by atoms with Crippen LogP contribution >= 0.6 is 11.3 Å².